The third-order valence-corrected chi connectivity index (χ3v) is 3.82. The van der Waals surface area contributed by atoms with Crippen molar-refractivity contribution in [2.24, 2.45) is 0 Å². The van der Waals surface area contributed by atoms with Gasteiger partial charge in [-0.05, 0) is 39.8 Å². The highest BCUT2D eigenvalue weighted by Crippen LogP contribution is 2.26. The molecular formula is C12H24N2O. The third kappa shape index (κ3) is 2.92. The molecule has 2 aliphatic rings. The van der Waals surface area contributed by atoms with Gasteiger partial charge in [-0.25, -0.2) is 0 Å². The Kier molecular flexibility index (Phi) is 4.00. The minimum atomic E-state index is 0.454. The van der Waals surface area contributed by atoms with Crippen molar-refractivity contribution in [1.82, 2.24) is 10.2 Å². The van der Waals surface area contributed by atoms with Crippen LogP contribution >= 0.6 is 0 Å². The molecular weight excluding hydrogens is 188 g/mol. The lowest BCUT2D eigenvalue weighted by Crippen LogP contribution is -2.41. The van der Waals surface area contributed by atoms with Gasteiger partial charge in [0.2, 0.25) is 0 Å². The summed E-state index contributed by atoms with van der Waals surface area (Å²) in [6, 6.07) is 0.844. The summed E-state index contributed by atoms with van der Waals surface area (Å²) in [5, 5.41) is 3.19. The van der Waals surface area contributed by atoms with Crippen LogP contribution in [0.1, 0.15) is 32.1 Å². The lowest BCUT2D eigenvalue weighted by atomic mass is 9.91. The summed E-state index contributed by atoms with van der Waals surface area (Å²) >= 11 is 0. The molecule has 0 bridgehead atoms. The van der Waals surface area contributed by atoms with Crippen LogP contribution in [0.2, 0.25) is 0 Å². The second-order valence-corrected chi connectivity index (χ2v) is 5.04. The highest BCUT2D eigenvalue weighted by atomic mass is 16.5. The Morgan fingerprint density at radius 3 is 2.53 bits per heavy atom. The topological polar surface area (TPSA) is 24.5 Å². The van der Waals surface area contributed by atoms with Gasteiger partial charge in [0.1, 0.15) is 0 Å². The van der Waals surface area contributed by atoms with Crippen molar-refractivity contribution in [2.75, 3.05) is 27.2 Å². The molecule has 0 aromatic carbocycles. The van der Waals surface area contributed by atoms with Gasteiger partial charge in [0.25, 0.3) is 0 Å². The molecule has 0 radical (unpaired) electrons. The summed E-state index contributed by atoms with van der Waals surface area (Å²) in [7, 11) is 4.25. The van der Waals surface area contributed by atoms with Gasteiger partial charge in [-0.2, -0.15) is 0 Å². The summed E-state index contributed by atoms with van der Waals surface area (Å²) in [4.78, 5) is 2.50. The number of nitrogens with one attached hydrogen (secondary N) is 1. The normalized spacial score (nSPS) is 32.2. The largest absolute Gasteiger partial charge is 0.372 e. The predicted molar refractivity (Wildman–Crippen MR) is 62.1 cm³/mol. The third-order valence-electron chi connectivity index (χ3n) is 3.82. The van der Waals surface area contributed by atoms with Crippen molar-refractivity contribution in [3.8, 4) is 0 Å². The van der Waals surface area contributed by atoms with Crippen LogP contribution in [0.25, 0.3) is 0 Å². The zero-order chi connectivity index (χ0) is 10.7. The van der Waals surface area contributed by atoms with E-state index in [2.05, 4.69) is 17.3 Å². The van der Waals surface area contributed by atoms with Crippen molar-refractivity contribution in [3.63, 3.8) is 0 Å². The Hall–Kier alpha value is -0.120. The van der Waals surface area contributed by atoms with Crippen LogP contribution in [-0.4, -0.2) is 50.3 Å². The summed E-state index contributed by atoms with van der Waals surface area (Å²) in [6.45, 7) is 2.13. The number of nitrogens with zero attached hydrogens (tertiary/aromatic N) is 1. The zero-order valence-corrected chi connectivity index (χ0v) is 10.0. The van der Waals surface area contributed by atoms with Crippen LogP contribution in [0, 0.1) is 0 Å². The van der Waals surface area contributed by atoms with Gasteiger partial charge in [-0.3, -0.25) is 0 Å². The SMILES string of the molecule is CNCC1CCC(CN(C)C2CCC2)O1. The van der Waals surface area contributed by atoms with Gasteiger partial charge >= 0.3 is 0 Å². The van der Waals surface area contributed by atoms with Gasteiger partial charge in [-0.1, -0.05) is 6.42 Å². The Balaban J connectivity index is 1.67. The minimum Gasteiger partial charge on any atom is -0.372 e. The molecule has 1 saturated carbocycles. The second kappa shape index (κ2) is 5.28. The van der Waals surface area contributed by atoms with Crippen LogP contribution in [0.5, 0.6) is 0 Å². The molecule has 0 aromatic heterocycles. The molecule has 2 unspecified atom stereocenters. The first-order valence-electron chi connectivity index (χ1n) is 6.30. The molecule has 15 heavy (non-hydrogen) atoms. The van der Waals surface area contributed by atoms with Crippen LogP contribution in [-0.2, 0) is 4.74 Å². The van der Waals surface area contributed by atoms with Crippen molar-refractivity contribution in [1.29, 1.82) is 0 Å². The van der Waals surface area contributed by atoms with Crippen LogP contribution in [0.3, 0.4) is 0 Å². The Morgan fingerprint density at radius 1 is 1.20 bits per heavy atom. The standard InChI is InChI=1S/C12H24N2O/c1-13-8-11-6-7-12(15-11)9-14(2)10-4-3-5-10/h10-13H,3-9H2,1-2H3. The summed E-state index contributed by atoms with van der Waals surface area (Å²) in [5.41, 5.74) is 0. The maximum Gasteiger partial charge on any atom is 0.0707 e. The van der Waals surface area contributed by atoms with E-state index in [1.807, 2.05) is 7.05 Å². The summed E-state index contributed by atoms with van der Waals surface area (Å²) in [6.07, 6.45) is 7.60. The van der Waals surface area contributed by atoms with Crippen molar-refractivity contribution in [3.05, 3.63) is 0 Å². The van der Waals surface area contributed by atoms with E-state index in [1.165, 1.54) is 32.1 Å². The minimum absolute atomic E-state index is 0.454. The Labute approximate surface area is 93.2 Å². The molecule has 3 nitrogen and oxygen atoms in total. The first kappa shape index (κ1) is 11.4. The quantitative estimate of drug-likeness (QED) is 0.742. The molecule has 1 saturated heterocycles. The first-order valence-corrected chi connectivity index (χ1v) is 6.30. The molecule has 0 spiro atoms. The number of rotatable bonds is 5. The Morgan fingerprint density at radius 2 is 1.93 bits per heavy atom. The van der Waals surface area contributed by atoms with E-state index in [0.29, 0.717) is 12.2 Å². The fourth-order valence-corrected chi connectivity index (χ4v) is 2.59. The van der Waals surface area contributed by atoms with Crippen LogP contribution in [0.15, 0.2) is 0 Å². The maximum atomic E-state index is 5.99. The highest BCUT2D eigenvalue weighted by Gasteiger charge is 2.29. The first-order chi connectivity index (χ1) is 7.29. The molecule has 3 heteroatoms. The fraction of sp³-hybridized carbons (Fsp3) is 1.00. The van der Waals surface area contributed by atoms with E-state index >= 15 is 0 Å². The molecule has 0 aromatic rings. The molecule has 2 fully saturated rings. The van der Waals surface area contributed by atoms with Crippen molar-refractivity contribution < 1.29 is 4.74 Å². The van der Waals surface area contributed by atoms with E-state index in [0.717, 1.165) is 19.1 Å². The van der Waals surface area contributed by atoms with Crippen LogP contribution in [0.4, 0.5) is 0 Å². The average Bonchev–Trinajstić information content (AvgIpc) is 2.49. The number of hydrogen-bond donors (Lipinski definition) is 1. The molecule has 1 N–H and O–H groups in total. The molecule has 0 amide bonds. The Bertz CT molecular complexity index is 194. The van der Waals surface area contributed by atoms with Gasteiger partial charge in [0.15, 0.2) is 0 Å². The zero-order valence-electron chi connectivity index (χ0n) is 10.0. The molecule has 1 aliphatic heterocycles. The van der Waals surface area contributed by atoms with Gasteiger partial charge in [-0.15, -0.1) is 0 Å². The smallest absolute Gasteiger partial charge is 0.0707 e. The van der Waals surface area contributed by atoms with E-state index in [-0.39, 0.29) is 0 Å². The van der Waals surface area contributed by atoms with Gasteiger partial charge in [0.05, 0.1) is 12.2 Å². The number of ether oxygens (including phenoxy) is 1. The predicted octanol–water partition coefficient (Wildman–Crippen LogP) is 1.24. The molecule has 2 rings (SSSR count). The summed E-state index contributed by atoms with van der Waals surface area (Å²) < 4.78 is 5.99. The number of hydrogen-bond acceptors (Lipinski definition) is 3. The molecule has 2 atom stereocenters. The molecule has 1 aliphatic carbocycles. The van der Waals surface area contributed by atoms with E-state index in [4.69, 9.17) is 4.74 Å². The van der Waals surface area contributed by atoms with Crippen molar-refractivity contribution in [2.45, 2.75) is 50.4 Å². The maximum absolute atomic E-state index is 5.99. The lowest BCUT2D eigenvalue weighted by molar-refractivity contribution is 0.0132. The monoisotopic (exact) mass is 212 g/mol. The van der Waals surface area contributed by atoms with Crippen molar-refractivity contribution >= 4 is 0 Å². The molecule has 88 valence electrons. The number of likely N-dealkylation sites (N-methyl/N-ethyl adjacent to an activating group) is 2. The van der Waals surface area contributed by atoms with E-state index in [9.17, 15) is 0 Å². The average molecular weight is 212 g/mol. The fourth-order valence-electron chi connectivity index (χ4n) is 2.59. The van der Waals surface area contributed by atoms with Crippen LogP contribution < -0.4 is 5.32 Å². The lowest BCUT2D eigenvalue weighted by Gasteiger charge is -2.36. The second-order valence-electron chi connectivity index (χ2n) is 5.04. The summed E-state index contributed by atoms with van der Waals surface area (Å²) in [5.74, 6) is 0. The van der Waals surface area contributed by atoms with Gasteiger partial charge in [0, 0.05) is 19.1 Å². The van der Waals surface area contributed by atoms with E-state index < -0.39 is 0 Å². The van der Waals surface area contributed by atoms with E-state index in [1.54, 1.807) is 0 Å². The van der Waals surface area contributed by atoms with Gasteiger partial charge < -0.3 is 15.0 Å². The molecule has 1 heterocycles. The highest BCUT2D eigenvalue weighted by molar-refractivity contribution is 4.82.